The predicted molar refractivity (Wildman–Crippen MR) is 55.2 cm³/mol. The van der Waals surface area contributed by atoms with Crippen molar-refractivity contribution >= 4 is 23.2 Å². The van der Waals surface area contributed by atoms with Crippen LogP contribution in [0.1, 0.15) is 0 Å². The van der Waals surface area contributed by atoms with E-state index in [2.05, 4.69) is 0 Å². The Morgan fingerprint density at radius 3 is 1.93 bits per heavy atom. The van der Waals surface area contributed by atoms with Crippen LogP contribution in [0.3, 0.4) is 0 Å². The Morgan fingerprint density at radius 2 is 1.73 bits per heavy atom. The smallest absolute Gasteiger partial charge is 0.265 e. The maximum absolute atomic E-state index is 9.46. The summed E-state index contributed by atoms with van der Waals surface area (Å²) in [5, 5.41) is 15.0. The van der Waals surface area contributed by atoms with Crippen molar-refractivity contribution in [1.82, 2.24) is 0 Å². The van der Waals surface area contributed by atoms with Gasteiger partial charge >= 0.3 is 5.78 Å². The summed E-state index contributed by atoms with van der Waals surface area (Å²) in [7, 11) is 0. The van der Waals surface area contributed by atoms with Crippen LogP contribution in [0.25, 0.3) is 0 Å². The normalized spacial score (nSPS) is 7.47. The van der Waals surface area contributed by atoms with Gasteiger partial charge in [0.1, 0.15) is 0 Å². The van der Waals surface area contributed by atoms with Gasteiger partial charge in [0, 0.05) is 11.8 Å². The average molecular weight is 223 g/mol. The molecule has 0 saturated carbocycles. The number of nitrogens with zero attached hydrogens (tertiary/aromatic N) is 3. The lowest BCUT2D eigenvalue weighted by Gasteiger charge is -2.05. The maximum atomic E-state index is 9.46. The molecular weight excluding hydrogens is 216 g/mol. The Kier molecular flexibility index (Phi) is 6.32. The third-order valence-electron chi connectivity index (χ3n) is 1.21. The second-order valence-corrected chi connectivity index (χ2v) is 2.56. The van der Waals surface area contributed by atoms with Crippen LogP contribution in [0.2, 0.25) is 0 Å². The number of nitriles is 2. The first kappa shape index (κ1) is 12.9. The summed E-state index contributed by atoms with van der Waals surface area (Å²) < 4.78 is 1.06. The van der Waals surface area contributed by atoms with Gasteiger partial charge in [0.05, 0.1) is 5.69 Å². The lowest BCUT2D eigenvalue weighted by molar-refractivity contribution is -0.109. The summed E-state index contributed by atoms with van der Waals surface area (Å²) in [6, 6.07) is 11.5. The second kappa shape index (κ2) is 7.34. The Balaban J connectivity index is 0.000000288. The van der Waals surface area contributed by atoms with Crippen LogP contribution in [-0.4, -0.2) is 5.78 Å². The van der Waals surface area contributed by atoms with Gasteiger partial charge in [-0.05, 0) is 12.1 Å². The second-order valence-electron chi connectivity index (χ2n) is 2.20. The molecule has 0 fully saturated rings. The highest BCUT2D eigenvalue weighted by Crippen LogP contribution is 2.09. The fourth-order valence-corrected chi connectivity index (χ4v) is 0.708. The number of anilines is 1. The van der Waals surface area contributed by atoms with E-state index in [1.807, 2.05) is 30.3 Å². The molecule has 0 aliphatic carbocycles. The number of benzene rings is 1. The van der Waals surface area contributed by atoms with E-state index in [0.717, 1.165) is 22.4 Å². The third-order valence-corrected chi connectivity index (χ3v) is 1.40. The van der Waals surface area contributed by atoms with E-state index in [4.69, 9.17) is 28.1 Å². The first-order chi connectivity index (χ1) is 7.11. The molecule has 0 spiro atoms. The fourth-order valence-electron chi connectivity index (χ4n) is 0.595. The van der Waals surface area contributed by atoms with E-state index < -0.39 is 5.78 Å². The molecule has 1 aromatic rings. The molecular formula is C9H7ClN4O. The van der Waals surface area contributed by atoms with Crippen LogP contribution in [0.4, 0.5) is 5.69 Å². The van der Waals surface area contributed by atoms with Gasteiger partial charge < -0.3 is 0 Å². The number of hydrogen-bond acceptors (Lipinski definition) is 5. The Hall–Kier alpha value is -2.08. The highest BCUT2D eigenvalue weighted by atomic mass is 35.5. The van der Waals surface area contributed by atoms with E-state index >= 15 is 0 Å². The lowest BCUT2D eigenvalue weighted by atomic mass is 10.3. The molecule has 0 radical (unpaired) electrons. The Labute approximate surface area is 92.0 Å². The predicted octanol–water partition coefficient (Wildman–Crippen LogP) is 1.12. The Morgan fingerprint density at radius 1 is 1.27 bits per heavy atom. The number of rotatable bonds is 1. The van der Waals surface area contributed by atoms with Crippen molar-refractivity contribution in [3.8, 4) is 12.1 Å². The van der Waals surface area contributed by atoms with Crippen LogP contribution < -0.4 is 10.4 Å². The molecule has 0 unspecified atom stereocenters. The van der Waals surface area contributed by atoms with Gasteiger partial charge in [0.2, 0.25) is 0 Å². The van der Waals surface area contributed by atoms with Gasteiger partial charge in [-0.3, -0.25) is 4.79 Å². The van der Waals surface area contributed by atoms with Crippen molar-refractivity contribution in [1.29, 1.82) is 10.5 Å². The largest absolute Gasteiger partial charge is 0.331 e. The number of hydrogen-bond donors (Lipinski definition) is 1. The summed E-state index contributed by atoms with van der Waals surface area (Å²) in [5.41, 5.74) is 0.791. The number of ketones is 1. The molecule has 0 heterocycles. The molecule has 0 saturated heterocycles. The molecule has 0 amide bonds. The molecule has 0 aliphatic rings. The standard InChI is InChI=1S/C6H7ClN2.C3N2O/c7-9(8)6-4-2-1-3-5-6;4-1-3(6)2-5/h1-5H,8H2;. The summed E-state index contributed by atoms with van der Waals surface area (Å²) in [4.78, 5) is 9.46. The fraction of sp³-hybridized carbons (Fsp3) is 0. The zero-order chi connectivity index (χ0) is 11.7. The van der Waals surface area contributed by atoms with E-state index in [1.165, 1.54) is 0 Å². The van der Waals surface area contributed by atoms with Crippen LogP contribution in [0, 0.1) is 22.7 Å². The van der Waals surface area contributed by atoms with Crippen molar-refractivity contribution in [3.63, 3.8) is 0 Å². The molecule has 0 aliphatic heterocycles. The topological polar surface area (TPSA) is 93.9 Å². The van der Waals surface area contributed by atoms with Gasteiger partial charge in [0.25, 0.3) is 0 Å². The minimum absolute atomic E-state index is 0.791. The number of carbonyl (C=O) groups excluding carboxylic acids is 1. The minimum atomic E-state index is -1.05. The highest BCUT2D eigenvalue weighted by Gasteiger charge is 1.91. The van der Waals surface area contributed by atoms with Gasteiger partial charge in [0.15, 0.2) is 12.1 Å². The average Bonchev–Trinajstić information content (AvgIpc) is 2.30. The summed E-state index contributed by atoms with van der Waals surface area (Å²) in [5.74, 6) is 4.17. The lowest BCUT2D eigenvalue weighted by Crippen LogP contribution is -2.17. The van der Waals surface area contributed by atoms with Gasteiger partial charge in [-0.2, -0.15) is 10.5 Å². The number of Topliss-reactive ketones (excluding diaryl/α,β-unsaturated/α-hetero) is 1. The zero-order valence-electron chi connectivity index (χ0n) is 7.59. The number of carbonyl (C=O) groups is 1. The van der Waals surface area contributed by atoms with E-state index in [1.54, 1.807) is 0 Å². The summed E-state index contributed by atoms with van der Waals surface area (Å²) in [6.07, 6.45) is 0. The van der Waals surface area contributed by atoms with Crippen LogP contribution in [-0.2, 0) is 4.79 Å². The zero-order valence-corrected chi connectivity index (χ0v) is 8.35. The highest BCUT2D eigenvalue weighted by molar-refractivity contribution is 6.24. The molecule has 15 heavy (non-hydrogen) atoms. The molecule has 0 bridgehead atoms. The summed E-state index contributed by atoms with van der Waals surface area (Å²) >= 11 is 5.41. The molecule has 5 nitrogen and oxygen atoms in total. The van der Waals surface area contributed by atoms with Crippen molar-refractivity contribution in [3.05, 3.63) is 30.3 Å². The molecule has 0 aromatic heterocycles. The number of para-hydroxylation sites is 1. The van der Waals surface area contributed by atoms with E-state index in [-0.39, 0.29) is 0 Å². The maximum Gasteiger partial charge on any atom is 0.331 e. The van der Waals surface area contributed by atoms with Gasteiger partial charge in [-0.1, -0.05) is 18.2 Å². The van der Waals surface area contributed by atoms with E-state index in [0.29, 0.717) is 0 Å². The molecule has 1 rings (SSSR count). The van der Waals surface area contributed by atoms with Crippen molar-refractivity contribution < 1.29 is 4.79 Å². The quantitative estimate of drug-likeness (QED) is 0.333. The van der Waals surface area contributed by atoms with Crippen molar-refractivity contribution in [2.45, 2.75) is 0 Å². The molecule has 1 aromatic carbocycles. The van der Waals surface area contributed by atoms with Crippen LogP contribution in [0.5, 0.6) is 0 Å². The monoisotopic (exact) mass is 222 g/mol. The van der Waals surface area contributed by atoms with Gasteiger partial charge in [-0.15, -0.1) is 0 Å². The van der Waals surface area contributed by atoms with Crippen molar-refractivity contribution in [2.24, 2.45) is 5.84 Å². The molecule has 6 heteroatoms. The van der Waals surface area contributed by atoms with Gasteiger partial charge in [-0.25, -0.2) is 10.4 Å². The first-order valence-corrected chi connectivity index (χ1v) is 4.05. The minimum Gasteiger partial charge on any atom is -0.265 e. The molecule has 76 valence electrons. The van der Waals surface area contributed by atoms with Crippen LogP contribution in [0.15, 0.2) is 30.3 Å². The third kappa shape index (κ3) is 6.05. The Bertz CT molecular complexity index is 375. The SMILES string of the molecule is N#CC(=O)C#N.NN(Cl)c1ccccc1. The summed E-state index contributed by atoms with van der Waals surface area (Å²) in [6.45, 7) is 0. The number of nitrogens with two attached hydrogens (primary N) is 1. The van der Waals surface area contributed by atoms with Crippen LogP contribution >= 0.6 is 11.8 Å². The van der Waals surface area contributed by atoms with E-state index in [9.17, 15) is 4.79 Å². The molecule has 0 atom stereocenters. The first-order valence-electron chi connectivity index (χ1n) is 3.71. The van der Waals surface area contributed by atoms with Crippen molar-refractivity contribution in [2.75, 3.05) is 4.53 Å². The number of halogens is 1. The number of hydrazine groups is 1. The molecule has 2 N–H and O–H groups in total.